The van der Waals surface area contributed by atoms with Gasteiger partial charge in [0.25, 0.3) is 0 Å². The molecular formula is C10H7BrN2O. The fourth-order valence-corrected chi connectivity index (χ4v) is 1.52. The highest BCUT2D eigenvalue weighted by atomic mass is 79.9. The van der Waals surface area contributed by atoms with E-state index in [4.69, 9.17) is 0 Å². The van der Waals surface area contributed by atoms with Crippen molar-refractivity contribution in [2.45, 2.75) is 0 Å². The van der Waals surface area contributed by atoms with Crippen molar-refractivity contribution >= 4 is 15.9 Å². The van der Waals surface area contributed by atoms with E-state index in [1.807, 2.05) is 24.3 Å². The van der Waals surface area contributed by atoms with Crippen LogP contribution < -0.4 is 0 Å². The van der Waals surface area contributed by atoms with Crippen LogP contribution in [0.1, 0.15) is 0 Å². The first-order chi connectivity index (χ1) is 6.75. The molecule has 0 aliphatic carbocycles. The van der Waals surface area contributed by atoms with Crippen LogP contribution in [0, 0.1) is 0 Å². The average Bonchev–Trinajstić information content (AvgIpc) is 2.18. The number of aromatic nitrogens is 2. The molecule has 14 heavy (non-hydrogen) atoms. The Hall–Kier alpha value is -1.42. The van der Waals surface area contributed by atoms with E-state index in [1.165, 1.54) is 12.3 Å². The maximum atomic E-state index is 9.18. The largest absolute Gasteiger partial charge is 0.493 e. The van der Waals surface area contributed by atoms with E-state index < -0.39 is 0 Å². The number of hydrogen-bond donors (Lipinski definition) is 1. The Labute approximate surface area is 89.6 Å². The van der Waals surface area contributed by atoms with Crippen LogP contribution in [0.2, 0.25) is 0 Å². The van der Waals surface area contributed by atoms with Gasteiger partial charge >= 0.3 is 0 Å². The van der Waals surface area contributed by atoms with Gasteiger partial charge in [-0.3, -0.25) is 0 Å². The lowest BCUT2D eigenvalue weighted by molar-refractivity contribution is 0.453. The minimum Gasteiger partial charge on any atom is -0.493 e. The van der Waals surface area contributed by atoms with E-state index in [2.05, 4.69) is 25.9 Å². The molecule has 1 aromatic heterocycles. The van der Waals surface area contributed by atoms with Gasteiger partial charge in [-0.2, -0.15) is 4.98 Å². The number of halogens is 1. The number of aromatic hydroxyl groups is 1. The van der Waals surface area contributed by atoms with E-state index in [0.29, 0.717) is 5.82 Å². The summed E-state index contributed by atoms with van der Waals surface area (Å²) < 4.78 is 0.960. The molecule has 0 unspecified atom stereocenters. The lowest BCUT2D eigenvalue weighted by atomic mass is 10.2. The molecule has 1 heterocycles. The van der Waals surface area contributed by atoms with Gasteiger partial charge in [-0.15, -0.1) is 0 Å². The Morgan fingerprint density at radius 3 is 2.79 bits per heavy atom. The van der Waals surface area contributed by atoms with Crippen molar-refractivity contribution < 1.29 is 5.11 Å². The molecule has 1 N–H and O–H groups in total. The standard InChI is InChI=1S/C10H7BrN2O/c11-8-3-1-2-7(6-8)10-12-5-4-9(14)13-10/h1-6H,(H,12,13,14). The summed E-state index contributed by atoms with van der Waals surface area (Å²) in [5, 5.41) is 9.18. The Bertz CT molecular complexity index is 416. The van der Waals surface area contributed by atoms with E-state index in [-0.39, 0.29) is 5.88 Å². The maximum Gasteiger partial charge on any atom is 0.214 e. The van der Waals surface area contributed by atoms with Gasteiger partial charge in [-0.05, 0) is 12.1 Å². The lowest BCUT2D eigenvalue weighted by Crippen LogP contribution is -1.87. The van der Waals surface area contributed by atoms with Crippen molar-refractivity contribution in [1.82, 2.24) is 9.97 Å². The normalized spacial score (nSPS) is 10.1. The molecule has 1 aromatic carbocycles. The minimum atomic E-state index is -0.0185. The first-order valence-electron chi connectivity index (χ1n) is 4.03. The summed E-state index contributed by atoms with van der Waals surface area (Å²) in [4.78, 5) is 7.97. The molecule has 0 fully saturated rings. The van der Waals surface area contributed by atoms with Gasteiger partial charge in [-0.25, -0.2) is 4.98 Å². The Balaban J connectivity index is 2.49. The molecule has 2 aromatic rings. The van der Waals surface area contributed by atoms with E-state index >= 15 is 0 Å². The Morgan fingerprint density at radius 1 is 1.21 bits per heavy atom. The predicted molar refractivity (Wildman–Crippen MR) is 56.8 cm³/mol. The SMILES string of the molecule is Oc1ccnc(-c2cccc(Br)c2)n1. The highest BCUT2D eigenvalue weighted by Crippen LogP contribution is 2.20. The van der Waals surface area contributed by atoms with Gasteiger partial charge in [0.2, 0.25) is 5.88 Å². The number of benzene rings is 1. The van der Waals surface area contributed by atoms with Crippen LogP contribution in [0.15, 0.2) is 41.0 Å². The smallest absolute Gasteiger partial charge is 0.214 e. The van der Waals surface area contributed by atoms with Crippen LogP contribution in [0.3, 0.4) is 0 Å². The van der Waals surface area contributed by atoms with Crippen molar-refractivity contribution in [3.8, 4) is 17.3 Å². The molecule has 0 aliphatic rings. The monoisotopic (exact) mass is 250 g/mol. The van der Waals surface area contributed by atoms with Gasteiger partial charge in [-0.1, -0.05) is 28.1 Å². The van der Waals surface area contributed by atoms with Crippen LogP contribution in [0.4, 0.5) is 0 Å². The second kappa shape index (κ2) is 3.75. The zero-order valence-electron chi connectivity index (χ0n) is 7.18. The first kappa shape index (κ1) is 9.15. The lowest BCUT2D eigenvalue weighted by Gasteiger charge is -2.00. The first-order valence-corrected chi connectivity index (χ1v) is 4.83. The fraction of sp³-hybridized carbons (Fsp3) is 0. The molecule has 2 rings (SSSR count). The van der Waals surface area contributed by atoms with Gasteiger partial charge in [0, 0.05) is 22.3 Å². The van der Waals surface area contributed by atoms with Crippen molar-refractivity contribution in [3.63, 3.8) is 0 Å². The van der Waals surface area contributed by atoms with Crippen LogP contribution in [-0.2, 0) is 0 Å². The molecule has 0 saturated carbocycles. The van der Waals surface area contributed by atoms with Gasteiger partial charge in [0.05, 0.1) is 0 Å². The predicted octanol–water partition coefficient (Wildman–Crippen LogP) is 2.61. The Kier molecular flexibility index (Phi) is 2.45. The molecule has 0 radical (unpaired) electrons. The molecule has 0 amide bonds. The zero-order chi connectivity index (χ0) is 9.97. The summed E-state index contributed by atoms with van der Waals surface area (Å²) in [7, 11) is 0. The molecule has 3 nitrogen and oxygen atoms in total. The van der Waals surface area contributed by atoms with E-state index in [0.717, 1.165) is 10.0 Å². The fourth-order valence-electron chi connectivity index (χ4n) is 1.12. The molecule has 4 heteroatoms. The summed E-state index contributed by atoms with van der Waals surface area (Å²) in [6, 6.07) is 9.05. The summed E-state index contributed by atoms with van der Waals surface area (Å²) in [6.07, 6.45) is 1.53. The van der Waals surface area contributed by atoms with E-state index in [9.17, 15) is 5.11 Å². The molecule has 0 bridgehead atoms. The summed E-state index contributed by atoms with van der Waals surface area (Å²) in [5.41, 5.74) is 0.871. The summed E-state index contributed by atoms with van der Waals surface area (Å²) in [5.74, 6) is 0.501. The summed E-state index contributed by atoms with van der Waals surface area (Å²) in [6.45, 7) is 0. The second-order valence-electron chi connectivity index (χ2n) is 2.75. The third-order valence-corrected chi connectivity index (χ3v) is 2.22. The van der Waals surface area contributed by atoms with Crippen molar-refractivity contribution in [2.24, 2.45) is 0 Å². The molecule has 0 spiro atoms. The molecule has 0 saturated heterocycles. The van der Waals surface area contributed by atoms with Crippen molar-refractivity contribution in [2.75, 3.05) is 0 Å². The summed E-state index contributed by atoms with van der Waals surface area (Å²) >= 11 is 3.36. The highest BCUT2D eigenvalue weighted by Gasteiger charge is 2.01. The highest BCUT2D eigenvalue weighted by molar-refractivity contribution is 9.10. The third-order valence-electron chi connectivity index (χ3n) is 1.72. The topological polar surface area (TPSA) is 46.0 Å². The maximum absolute atomic E-state index is 9.18. The zero-order valence-corrected chi connectivity index (χ0v) is 8.77. The van der Waals surface area contributed by atoms with Crippen LogP contribution in [0.5, 0.6) is 5.88 Å². The quantitative estimate of drug-likeness (QED) is 0.847. The minimum absolute atomic E-state index is 0.0185. The Morgan fingerprint density at radius 2 is 2.07 bits per heavy atom. The van der Waals surface area contributed by atoms with Crippen molar-refractivity contribution in [1.29, 1.82) is 0 Å². The number of rotatable bonds is 1. The number of hydrogen-bond acceptors (Lipinski definition) is 3. The van der Waals surface area contributed by atoms with Crippen molar-refractivity contribution in [3.05, 3.63) is 41.0 Å². The van der Waals surface area contributed by atoms with Crippen LogP contribution >= 0.6 is 15.9 Å². The van der Waals surface area contributed by atoms with Crippen LogP contribution in [-0.4, -0.2) is 15.1 Å². The number of nitrogens with zero attached hydrogens (tertiary/aromatic N) is 2. The van der Waals surface area contributed by atoms with E-state index in [1.54, 1.807) is 0 Å². The average molecular weight is 251 g/mol. The van der Waals surface area contributed by atoms with Gasteiger partial charge < -0.3 is 5.11 Å². The molecule has 70 valence electrons. The molecule has 0 aliphatic heterocycles. The molecular weight excluding hydrogens is 244 g/mol. The second-order valence-corrected chi connectivity index (χ2v) is 3.66. The van der Waals surface area contributed by atoms with Gasteiger partial charge in [0.1, 0.15) is 0 Å². The van der Waals surface area contributed by atoms with Crippen LogP contribution in [0.25, 0.3) is 11.4 Å². The third kappa shape index (κ3) is 1.90. The molecule has 0 atom stereocenters. The van der Waals surface area contributed by atoms with Gasteiger partial charge in [0.15, 0.2) is 5.82 Å².